The SMILES string of the molecule is CC1(c2ccc(-c3nc(-c4ccc5c(ccc6ccccc65)c4)nc(-c4ccc5c(c4)oc4ccccc45)n3)c3c2oc2ccccc23)CC=Cc2c1oc1ccccc21. The number of aromatic nitrogens is 3. The number of furan rings is 3. The third-order valence-electron chi connectivity index (χ3n) is 12.6. The lowest BCUT2D eigenvalue weighted by Crippen LogP contribution is -2.25. The van der Waals surface area contributed by atoms with Crippen molar-refractivity contribution in [2.24, 2.45) is 0 Å². The first-order chi connectivity index (χ1) is 29.6. The quantitative estimate of drug-likeness (QED) is 0.166. The fraction of sp³-hybridized carbons (Fsp3) is 0.0556. The van der Waals surface area contributed by atoms with Crippen LogP contribution in [0.4, 0.5) is 0 Å². The van der Waals surface area contributed by atoms with Crippen LogP contribution in [0.25, 0.3) is 117 Å². The van der Waals surface area contributed by atoms with Gasteiger partial charge in [-0.15, -0.1) is 0 Å². The van der Waals surface area contributed by atoms with Gasteiger partial charge < -0.3 is 13.3 Å². The Morgan fingerprint density at radius 2 is 1.07 bits per heavy atom. The molecule has 8 aromatic carbocycles. The first-order valence-electron chi connectivity index (χ1n) is 20.3. The van der Waals surface area contributed by atoms with Gasteiger partial charge in [0.25, 0.3) is 0 Å². The smallest absolute Gasteiger partial charge is 0.164 e. The lowest BCUT2D eigenvalue weighted by Gasteiger charge is -2.30. The highest BCUT2D eigenvalue weighted by Gasteiger charge is 2.39. The highest BCUT2D eigenvalue weighted by molar-refractivity contribution is 6.13. The Balaban J connectivity index is 1.05. The van der Waals surface area contributed by atoms with Crippen LogP contribution in [0, 0.1) is 0 Å². The van der Waals surface area contributed by atoms with Gasteiger partial charge in [-0.25, -0.2) is 15.0 Å². The molecule has 0 aliphatic heterocycles. The highest BCUT2D eigenvalue weighted by Crippen LogP contribution is 2.50. The molecule has 0 saturated carbocycles. The van der Waals surface area contributed by atoms with Crippen LogP contribution in [0.15, 0.2) is 177 Å². The number of nitrogens with zero attached hydrogens (tertiary/aromatic N) is 3. The van der Waals surface area contributed by atoms with Crippen molar-refractivity contribution in [3.8, 4) is 34.2 Å². The molecule has 13 rings (SSSR count). The summed E-state index contributed by atoms with van der Waals surface area (Å²) in [5, 5.41) is 9.90. The van der Waals surface area contributed by atoms with Crippen molar-refractivity contribution in [3.63, 3.8) is 0 Å². The Morgan fingerprint density at radius 3 is 1.88 bits per heavy atom. The predicted octanol–water partition coefficient (Wildman–Crippen LogP) is 14.4. The second kappa shape index (κ2) is 12.3. The van der Waals surface area contributed by atoms with E-state index in [0.29, 0.717) is 17.5 Å². The fourth-order valence-corrected chi connectivity index (χ4v) is 9.60. The minimum atomic E-state index is -0.500. The van der Waals surface area contributed by atoms with Gasteiger partial charge in [0.2, 0.25) is 0 Å². The summed E-state index contributed by atoms with van der Waals surface area (Å²) in [6, 6.07) is 54.5. The van der Waals surface area contributed by atoms with Gasteiger partial charge in [0, 0.05) is 54.7 Å². The molecule has 12 aromatic rings. The second-order valence-electron chi connectivity index (χ2n) is 16.1. The maximum atomic E-state index is 6.89. The van der Waals surface area contributed by atoms with Gasteiger partial charge in [0.05, 0.1) is 5.41 Å². The molecule has 1 atom stereocenters. The van der Waals surface area contributed by atoms with Gasteiger partial charge in [-0.1, -0.05) is 127 Å². The van der Waals surface area contributed by atoms with Crippen molar-refractivity contribution in [2.75, 3.05) is 0 Å². The number of rotatable bonds is 4. The van der Waals surface area contributed by atoms with E-state index in [1.807, 2.05) is 48.5 Å². The van der Waals surface area contributed by atoms with Gasteiger partial charge in [-0.3, -0.25) is 0 Å². The van der Waals surface area contributed by atoms with E-state index in [4.69, 9.17) is 28.2 Å². The van der Waals surface area contributed by atoms with E-state index in [1.54, 1.807) is 0 Å². The Morgan fingerprint density at radius 1 is 0.467 bits per heavy atom. The topological polar surface area (TPSA) is 78.1 Å². The zero-order valence-corrected chi connectivity index (χ0v) is 32.4. The van der Waals surface area contributed by atoms with E-state index in [9.17, 15) is 0 Å². The van der Waals surface area contributed by atoms with Crippen LogP contribution in [0.1, 0.15) is 30.2 Å². The molecule has 0 bridgehead atoms. The summed E-state index contributed by atoms with van der Waals surface area (Å²) in [6.45, 7) is 2.26. The van der Waals surface area contributed by atoms with E-state index >= 15 is 0 Å². The van der Waals surface area contributed by atoms with Crippen LogP contribution in [0.5, 0.6) is 0 Å². The molecule has 4 heterocycles. The molecule has 0 fully saturated rings. The third kappa shape index (κ3) is 4.79. The van der Waals surface area contributed by atoms with Crippen LogP contribution in [0.3, 0.4) is 0 Å². The van der Waals surface area contributed by atoms with Crippen molar-refractivity contribution in [2.45, 2.75) is 18.8 Å². The molecule has 0 amide bonds. The van der Waals surface area contributed by atoms with Crippen molar-refractivity contribution in [1.29, 1.82) is 0 Å². The maximum Gasteiger partial charge on any atom is 0.164 e. The summed E-state index contributed by atoms with van der Waals surface area (Å²) in [4.78, 5) is 15.8. The maximum absolute atomic E-state index is 6.89. The summed E-state index contributed by atoms with van der Waals surface area (Å²) in [5.74, 6) is 2.63. The Bertz CT molecular complexity index is 3790. The number of benzene rings is 8. The molecule has 0 N–H and O–H groups in total. The van der Waals surface area contributed by atoms with Crippen LogP contribution in [-0.2, 0) is 5.41 Å². The van der Waals surface area contributed by atoms with E-state index < -0.39 is 5.41 Å². The summed E-state index contributed by atoms with van der Waals surface area (Å²) in [6.07, 6.45) is 5.20. The van der Waals surface area contributed by atoms with E-state index in [-0.39, 0.29) is 0 Å². The van der Waals surface area contributed by atoms with Crippen LogP contribution in [0.2, 0.25) is 0 Å². The minimum absolute atomic E-state index is 0.500. The number of para-hydroxylation sites is 3. The number of fused-ring (bicyclic) bond motifs is 12. The predicted molar refractivity (Wildman–Crippen MR) is 242 cm³/mol. The third-order valence-corrected chi connectivity index (χ3v) is 12.6. The normalized spacial score (nSPS) is 15.3. The second-order valence-corrected chi connectivity index (χ2v) is 16.1. The zero-order valence-electron chi connectivity index (χ0n) is 32.4. The van der Waals surface area contributed by atoms with Crippen molar-refractivity contribution >= 4 is 82.5 Å². The molecule has 1 aliphatic carbocycles. The monoisotopic (exact) mass is 771 g/mol. The molecule has 0 radical (unpaired) electrons. The van der Waals surface area contributed by atoms with E-state index in [2.05, 4.69) is 128 Å². The van der Waals surface area contributed by atoms with Crippen molar-refractivity contribution < 1.29 is 13.3 Å². The molecular formula is C54H33N3O3. The molecular weight excluding hydrogens is 739 g/mol. The van der Waals surface area contributed by atoms with Crippen LogP contribution >= 0.6 is 0 Å². The average molecular weight is 772 g/mol. The lowest BCUT2D eigenvalue weighted by atomic mass is 9.72. The standard InChI is InChI=1S/C54H33N3O3/c1-54(28-10-16-40-38-14-5-8-18-45(38)60-50(40)54)43-27-26-42(48-41-15-6-9-19-46(41)59-49(43)48)53-56-51(33-22-24-36-32(29-33)21-20-31-11-2-3-12-35(31)36)55-52(57-53)34-23-25-39-37-13-4-7-17-44(37)58-47(39)30-34/h2-27,29-30H,28H2,1H3. The first-order valence-corrected chi connectivity index (χ1v) is 20.3. The first kappa shape index (κ1) is 33.2. The molecule has 6 heteroatoms. The van der Waals surface area contributed by atoms with E-state index in [0.717, 1.165) is 100 Å². The molecule has 0 spiro atoms. The van der Waals surface area contributed by atoms with Gasteiger partial charge >= 0.3 is 0 Å². The van der Waals surface area contributed by atoms with Crippen molar-refractivity contribution in [1.82, 2.24) is 15.0 Å². The molecule has 4 aromatic heterocycles. The molecule has 0 saturated heterocycles. The molecule has 60 heavy (non-hydrogen) atoms. The van der Waals surface area contributed by atoms with Crippen LogP contribution < -0.4 is 0 Å². The summed E-state index contributed by atoms with van der Waals surface area (Å²) >= 11 is 0. The summed E-state index contributed by atoms with van der Waals surface area (Å²) < 4.78 is 19.9. The van der Waals surface area contributed by atoms with Crippen LogP contribution in [-0.4, -0.2) is 15.0 Å². The zero-order chi connectivity index (χ0) is 39.5. The van der Waals surface area contributed by atoms with Gasteiger partial charge in [-0.05, 0) is 77.4 Å². The number of hydrogen-bond donors (Lipinski definition) is 0. The fourth-order valence-electron chi connectivity index (χ4n) is 9.60. The Hall–Kier alpha value is -7.83. The summed E-state index contributed by atoms with van der Waals surface area (Å²) in [7, 11) is 0. The van der Waals surface area contributed by atoms with Gasteiger partial charge in [0.1, 0.15) is 33.7 Å². The van der Waals surface area contributed by atoms with E-state index in [1.165, 1.54) is 16.2 Å². The molecule has 1 unspecified atom stereocenters. The largest absolute Gasteiger partial charge is 0.459 e. The molecule has 282 valence electrons. The summed E-state index contributed by atoms with van der Waals surface area (Å²) in [5.41, 5.74) is 8.36. The Labute approximate surface area is 343 Å². The molecule has 1 aliphatic rings. The Kier molecular flexibility index (Phi) is 6.82. The lowest BCUT2D eigenvalue weighted by molar-refractivity contribution is 0.424. The minimum Gasteiger partial charge on any atom is -0.459 e. The van der Waals surface area contributed by atoms with Crippen molar-refractivity contribution in [3.05, 3.63) is 181 Å². The number of hydrogen-bond acceptors (Lipinski definition) is 6. The highest BCUT2D eigenvalue weighted by atomic mass is 16.3. The average Bonchev–Trinajstić information content (AvgIpc) is 4.00. The van der Waals surface area contributed by atoms with Gasteiger partial charge in [-0.2, -0.15) is 0 Å². The number of allylic oxidation sites excluding steroid dienone is 1. The molecule has 6 nitrogen and oxygen atoms in total. The van der Waals surface area contributed by atoms with Gasteiger partial charge in [0.15, 0.2) is 17.5 Å².